The Morgan fingerprint density at radius 2 is 1.79 bits per heavy atom. The fourth-order valence-corrected chi connectivity index (χ4v) is 4.13. The molecule has 1 fully saturated rings. The first-order valence-corrected chi connectivity index (χ1v) is 11.5. The largest absolute Gasteiger partial charge is 0.480 e. The maximum Gasteiger partial charge on any atom is 0.320 e. The number of carboxylic acids is 1. The summed E-state index contributed by atoms with van der Waals surface area (Å²) in [4.78, 5) is 30.1. The Morgan fingerprint density at radius 1 is 1.12 bits per heavy atom. The van der Waals surface area contributed by atoms with Crippen molar-refractivity contribution in [3.63, 3.8) is 0 Å². The Hall–Kier alpha value is -3.43. The predicted octanol–water partition coefficient (Wildman–Crippen LogP) is 1.48. The number of carboxylic acid groups (broad SMARTS) is 1. The highest BCUT2D eigenvalue weighted by Gasteiger charge is 2.20. The third kappa shape index (κ3) is 7.03. The first-order chi connectivity index (χ1) is 16.4. The van der Waals surface area contributed by atoms with Gasteiger partial charge in [-0.1, -0.05) is 30.3 Å². The number of aliphatic imine (C=N–C) groups is 1. The van der Waals surface area contributed by atoms with Crippen LogP contribution in [0.15, 0.2) is 53.5 Å². The lowest BCUT2D eigenvalue weighted by Gasteiger charge is -2.34. The first kappa shape index (κ1) is 25.2. The number of rotatable bonds is 9. The van der Waals surface area contributed by atoms with Crippen LogP contribution in [-0.2, 0) is 17.8 Å². The van der Waals surface area contributed by atoms with Gasteiger partial charge in [0, 0.05) is 30.9 Å². The van der Waals surface area contributed by atoms with E-state index in [-0.39, 0.29) is 19.0 Å². The van der Waals surface area contributed by atoms with Gasteiger partial charge in [-0.15, -0.1) is 0 Å². The average Bonchev–Trinajstić information content (AvgIpc) is 2.84. The van der Waals surface area contributed by atoms with E-state index in [2.05, 4.69) is 21.3 Å². The molecule has 1 heterocycles. The molecule has 1 amide bonds. The standard InChI is InChI=1S/C25H33N5O4/c26-21(24(33)34)15-18-5-7-19(8-6-18)23(32)29-25(27)28-16-20-3-1-2-4-22(20)30-12-9-17(10-13-30)11-14-31/h1-8,17,21,31H,9-16,26H2,(H,33,34)(H3,27,28,29,32). The molecule has 0 aliphatic carbocycles. The summed E-state index contributed by atoms with van der Waals surface area (Å²) in [5.41, 5.74) is 14.8. The van der Waals surface area contributed by atoms with E-state index >= 15 is 0 Å². The zero-order valence-corrected chi connectivity index (χ0v) is 19.2. The van der Waals surface area contributed by atoms with Crippen LogP contribution in [0.5, 0.6) is 0 Å². The second-order valence-electron chi connectivity index (χ2n) is 8.57. The summed E-state index contributed by atoms with van der Waals surface area (Å²) < 4.78 is 0. The van der Waals surface area contributed by atoms with Gasteiger partial charge >= 0.3 is 5.97 Å². The molecule has 34 heavy (non-hydrogen) atoms. The number of hydrogen-bond donors (Lipinski definition) is 5. The number of amides is 1. The highest BCUT2D eigenvalue weighted by Crippen LogP contribution is 2.28. The minimum Gasteiger partial charge on any atom is -0.480 e. The molecule has 0 radical (unpaired) electrons. The van der Waals surface area contributed by atoms with Crippen LogP contribution in [0.4, 0.5) is 5.69 Å². The number of aliphatic hydroxyl groups excluding tert-OH is 1. The van der Waals surface area contributed by atoms with Gasteiger partial charge in [-0.2, -0.15) is 0 Å². The molecule has 2 aromatic carbocycles. The van der Waals surface area contributed by atoms with Gasteiger partial charge in [0.05, 0.1) is 6.54 Å². The number of hydrogen-bond acceptors (Lipinski definition) is 6. The first-order valence-electron chi connectivity index (χ1n) is 11.5. The Morgan fingerprint density at radius 3 is 2.44 bits per heavy atom. The van der Waals surface area contributed by atoms with Crippen molar-refractivity contribution in [2.24, 2.45) is 22.4 Å². The van der Waals surface area contributed by atoms with Crippen molar-refractivity contribution >= 4 is 23.5 Å². The molecule has 1 aliphatic heterocycles. The van der Waals surface area contributed by atoms with Crippen molar-refractivity contribution in [1.29, 1.82) is 0 Å². The number of carbonyl (C=O) groups is 2. The molecule has 0 spiro atoms. The van der Waals surface area contributed by atoms with E-state index in [1.165, 1.54) is 0 Å². The van der Waals surface area contributed by atoms with E-state index in [9.17, 15) is 14.7 Å². The Balaban J connectivity index is 1.57. The van der Waals surface area contributed by atoms with E-state index in [4.69, 9.17) is 16.6 Å². The Labute approximate surface area is 199 Å². The molecule has 1 atom stereocenters. The molecule has 0 bridgehead atoms. The SMILES string of the molecule is NC(=NCc1ccccc1N1CCC(CCO)CC1)NC(=O)c1ccc(CC(N)C(=O)O)cc1. The normalized spacial score (nSPS) is 15.7. The van der Waals surface area contributed by atoms with E-state index < -0.39 is 17.9 Å². The number of piperidine rings is 1. The Kier molecular flexibility index (Phi) is 9.00. The third-order valence-electron chi connectivity index (χ3n) is 6.13. The second-order valence-corrected chi connectivity index (χ2v) is 8.57. The van der Waals surface area contributed by atoms with Crippen LogP contribution in [0.3, 0.4) is 0 Å². The van der Waals surface area contributed by atoms with E-state index in [0.29, 0.717) is 18.0 Å². The highest BCUT2D eigenvalue weighted by atomic mass is 16.4. The number of nitrogens with two attached hydrogens (primary N) is 2. The van der Waals surface area contributed by atoms with Crippen LogP contribution in [0, 0.1) is 5.92 Å². The number of guanidine groups is 1. The van der Waals surface area contributed by atoms with Gasteiger partial charge in [-0.05, 0) is 60.9 Å². The molecule has 3 rings (SSSR count). The summed E-state index contributed by atoms with van der Waals surface area (Å²) in [6, 6.07) is 13.6. The number of anilines is 1. The van der Waals surface area contributed by atoms with Gasteiger partial charge in [0.2, 0.25) is 0 Å². The van der Waals surface area contributed by atoms with Crippen molar-refractivity contribution in [1.82, 2.24) is 5.32 Å². The lowest BCUT2D eigenvalue weighted by atomic mass is 9.93. The molecule has 9 heteroatoms. The quantitative estimate of drug-likeness (QED) is 0.276. The number of benzene rings is 2. The molecule has 9 nitrogen and oxygen atoms in total. The average molecular weight is 468 g/mol. The zero-order valence-electron chi connectivity index (χ0n) is 19.2. The fourth-order valence-electron chi connectivity index (χ4n) is 4.13. The molecule has 0 saturated carbocycles. The second kappa shape index (κ2) is 12.2. The van der Waals surface area contributed by atoms with Gasteiger partial charge < -0.3 is 26.6 Å². The number of aliphatic carboxylic acids is 1. The topological polar surface area (TPSA) is 154 Å². The highest BCUT2D eigenvalue weighted by molar-refractivity contribution is 6.05. The van der Waals surface area contributed by atoms with Gasteiger partial charge in [0.25, 0.3) is 5.91 Å². The van der Waals surface area contributed by atoms with Gasteiger partial charge in [0.15, 0.2) is 5.96 Å². The molecule has 7 N–H and O–H groups in total. The lowest BCUT2D eigenvalue weighted by molar-refractivity contribution is -0.138. The van der Waals surface area contributed by atoms with Crippen LogP contribution >= 0.6 is 0 Å². The van der Waals surface area contributed by atoms with Crippen molar-refractivity contribution < 1.29 is 19.8 Å². The number of carbonyl (C=O) groups excluding carboxylic acids is 1. The summed E-state index contributed by atoms with van der Waals surface area (Å²) in [6.07, 6.45) is 3.14. The smallest absolute Gasteiger partial charge is 0.320 e. The van der Waals surface area contributed by atoms with Crippen LogP contribution in [-0.4, -0.2) is 53.8 Å². The summed E-state index contributed by atoms with van der Waals surface area (Å²) in [5, 5.41) is 20.7. The van der Waals surface area contributed by atoms with Crippen LogP contribution < -0.4 is 21.7 Å². The van der Waals surface area contributed by atoms with Crippen LogP contribution in [0.2, 0.25) is 0 Å². The maximum atomic E-state index is 12.5. The molecule has 1 aliphatic rings. The molecule has 1 unspecified atom stereocenters. The number of nitrogens with one attached hydrogen (secondary N) is 1. The van der Waals surface area contributed by atoms with Gasteiger partial charge in [0.1, 0.15) is 6.04 Å². The van der Waals surface area contributed by atoms with Crippen molar-refractivity contribution in [3.8, 4) is 0 Å². The fraction of sp³-hybridized carbons (Fsp3) is 0.400. The van der Waals surface area contributed by atoms with Crippen molar-refractivity contribution in [3.05, 3.63) is 65.2 Å². The third-order valence-corrected chi connectivity index (χ3v) is 6.13. The number of aliphatic hydroxyl groups is 1. The maximum absolute atomic E-state index is 12.5. The summed E-state index contributed by atoms with van der Waals surface area (Å²) >= 11 is 0. The summed E-state index contributed by atoms with van der Waals surface area (Å²) in [7, 11) is 0. The molecular formula is C25H33N5O4. The predicted molar refractivity (Wildman–Crippen MR) is 132 cm³/mol. The minimum absolute atomic E-state index is 0.0263. The van der Waals surface area contributed by atoms with Crippen molar-refractivity contribution in [2.75, 3.05) is 24.6 Å². The molecule has 2 aromatic rings. The monoisotopic (exact) mass is 467 g/mol. The van der Waals surface area contributed by atoms with Crippen LogP contribution in [0.25, 0.3) is 0 Å². The van der Waals surface area contributed by atoms with E-state index in [0.717, 1.165) is 49.2 Å². The summed E-state index contributed by atoms with van der Waals surface area (Å²) in [5.74, 6) is -0.869. The number of nitrogens with zero attached hydrogens (tertiary/aromatic N) is 2. The van der Waals surface area contributed by atoms with Crippen LogP contribution in [0.1, 0.15) is 40.7 Å². The zero-order chi connectivity index (χ0) is 24.5. The van der Waals surface area contributed by atoms with E-state index in [1.807, 2.05) is 18.2 Å². The molecular weight excluding hydrogens is 434 g/mol. The van der Waals surface area contributed by atoms with Gasteiger partial charge in [-0.25, -0.2) is 4.99 Å². The number of para-hydroxylation sites is 1. The van der Waals surface area contributed by atoms with Gasteiger partial charge in [-0.3, -0.25) is 14.9 Å². The lowest BCUT2D eigenvalue weighted by Crippen LogP contribution is -2.37. The molecule has 1 saturated heterocycles. The Bertz CT molecular complexity index is 1000. The molecule has 182 valence electrons. The van der Waals surface area contributed by atoms with Crippen molar-refractivity contribution in [2.45, 2.75) is 38.3 Å². The summed E-state index contributed by atoms with van der Waals surface area (Å²) in [6.45, 7) is 2.45. The van der Waals surface area contributed by atoms with E-state index in [1.54, 1.807) is 24.3 Å². The minimum atomic E-state index is -1.07. The molecule has 0 aromatic heterocycles.